The maximum Gasteiger partial charge on any atom is 0.338 e. The third kappa shape index (κ3) is 3.63. The van der Waals surface area contributed by atoms with Gasteiger partial charge in [-0.3, -0.25) is 9.69 Å². The molecule has 7 nitrogen and oxygen atoms in total. The molecule has 0 atom stereocenters. The molecule has 0 saturated carbocycles. The van der Waals surface area contributed by atoms with E-state index in [4.69, 9.17) is 4.98 Å². The summed E-state index contributed by atoms with van der Waals surface area (Å²) in [6, 6.07) is 15.0. The van der Waals surface area contributed by atoms with Gasteiger partial charge in [-0.2, -0.15) is 0 Å². The highest BCUT2D eigenvalue weighted by Crippen LogP contribution is 2.32. The number of imidazole rings is 1. The molecule has 3 heterocycles. The maximum atomic E-state index is 13.8. The smallest absolute Gasteiger partial charge is 0.338 e. The van der Waals surface area contributed by atoms with Crippen LogP contribution in [0.1, 0.15) is 46.2 Å². The van der Waals surface area contributed by atoms with Gasteiger partial charge in [0.25, 0.3) is 5.91 Å². The van der Waals surface area contributed by atoms with Crippen molar-refractivity contribution in [3.05, 3.63) is 89.5 Å². The van der Waals surface area contributed by atoms with Gasteiger partial charge in [0.05, 0.1) is 12.1 Å². The van der Waals surface area contributed by atoms with Crippen molar-refractivity contribution >= 4 is 17.7 Å². The Morgan fingerprint density at radius 2 is 1.85 bits per heavy atom. The monoisotopic (exact) mass is 456 g/mol. The third-order valence-corrected chi connectivity index (χ3v) is 5.91. The second kappa shape index (κ2) is 8.22. The average Bonchev–Trinajstić information content (AvgIpc) is 3.44. The van der Waals surface area contributed by atoms with Crippen LogP contribution in [0, 0.1) is 5.82 Å². The fraction of sp³-hybridized carbons (Fsp3) is 0.154. The van der Waals surface area contributed by atoms with Crippen molar-refractivity contribution in [2.24, 2.45) is 0 Å². The Morgan fingerprint density at radius 3 is 2.62 bits per heavy atom. The van der Waals surface area contributed by atoms with E-state index in [1.54, 1.807) is 29.3 Å². The Morgan fingerprint density at radius 1 is 1.09 bits per heavy atom. The summed E-state index contributed by atoms with van der Waals surface area (Å²) >= 11 is 0. The number of hydrogen-bond donors (Lipinski definition) is 1. The van der Waals surface area contributed by atoms with E-state index in [2.05, 4.69) is 18.8 Å². The van der Waals surface area contributed by atoms with Crippen LogP contribution in [0.2, 0.25) is 0 Å². The molecule has 0 radical (unpaired) electrons. The van der Waals surface area contributed by atoms with Crippen LogP contribution in [0.3, 0.4) is 0 Å². The number of rotatable bonds is 5. The standard InChI is InChI=1S/C26H21FN4O3/c1-15(2)30-11-10-28-24(30)22-4-3-5-23(29-22)31-14-18-7-6-16(12-19(18)25(31)32)17-8-9-21(27)20(13-17)26(33)34/h3-13,15H,14H2,1-2H3,(H,33,34). The molecule has 1 aliphatic rings. The lowest BCUT2D eigenvalue weighted by Crippen LogP contribution is -2.24. The van der Waals surface area contributed by atoms with Crippen LogP contribution in [0.25, 0.3) is 22.6 Å². The van der Waals surface area contributed by atoms with Gasteiger partial charge in [-0.15, -0.1) is 0 Å². The van der Waals surface area contributed by atoms with Crippen LogP contribution in [-0.2, 0) is 6.54 Å². The van der Waals surface area contributed by atoms with Crippen molar-refractivity contribution in [1.82, 2.24) is 14.5 Å². The Labute approximate surface area is 195 Å². The molecule has 4 aromatic rings. The van der Waals surface area contributed by atoms with Crippen LogP contribution < -0.4 is 4.90 Å². The minimum absolute atomic E-state index is 0.200. The molecular weight excluding hydrogens is 435 g/mol. The normalized spacial score (nSPS) is 12.9. The van der Waals surface area contributed by atoms with E-state index >= 15 is 0 Å². The highest BCUT2D eigenvalue weighted by Gasteiger charge is 2.30. The minimum atomic E-state index is -1.34. The number of aromatic carboxylic acids is 1. The zero-order chi connectivity index (χ0) is 24.0. The predicted octanol–water partition coefficient (Wildman–Crippen LogP) is 5.19. The number of carboxylic acid groups (broad SMARTS) is 1. The Hall–Kier alpha value is -4.33. The lowest BCUT2D eigenvalue weighted by Gasteiger charge is -2.16. The number of fused-ring (bicyclic) bond motifs is 1. The van der Waals surface area contributed by atoms with Crippen LogP contribution in [0.4, 0.5) is 10.2 Å². The zero-order valence-electron chi connectivity index (χ0n) is 18.6. The molecule has 34 heavy (non-hydrogen) atoms. The van der Waals surface area contributed by atoms with Crippen LogP contribution in [0.5, 0.6) is 0 Å². The molecule has 0 fully saturated rings. The summed E-state index contributed by atoms with van der Waals surface area (Å²) in [4.78, 5) is 35.3. The fourth-order valence-electron chi connectivity index (χ4n) is 4.16. The van der Waals surface area contributed by atoms with Crippen LogP contribution in [0.15, 0.2) is 67.0 Å². The topological polar surface area (TPSA) is 88.3 Å². The summed E-state index contributed by atoms with van der Waals surface area (Å²) in [5, 5.41) is 9.22. The molecule has 2 aromatic heterocycles. The van der Waals surface area contributed by atoms with Gasteiger partial charge in [0.15, 0.2) is 5.82 Å². The number of amides is 1. The Kier molecular flexibility index (Phi) is 5.20. The first kappa shape index (κ1) is 21.5. The fourth-order valence-corrected chi connectivity index (χ4v) is 4.16. The molecule has 2 aromatic carbocycles. The summed E-state index contributed by atoms with van der Waals surface area (Å²) in [6.07, 6.45) is 3.63. The minimum Gasteiger partial charge on any atom is -0.478 e. The summed E-state index contributed by atoms with van der Waals surface area (Å²) in [5.41, 5.74) is 2.77. The average molecular weight is 456 g/mol. The molecule has 8 heteroatoms. The van der Waals surface area contributed by atoms with Crippen molar-refractivity contribution < 1.29 is 19.1 Å². The van der Waals surface area contributed by atoms with E-state index < -0.39 is 17.3 Å². The molecule has 5 rings (SSSR count). The van der Waals surface area contributed by atoms with Crippen molar-refractivity contribution in [2.45, 2.75) is 26.4 Å². The second-order valence-electron chi connectivity index (χ2n) is 8.40. The number of aromatic nitrogens is 3. The van der Waals surface area contributed by atoms with Gasteiger partial charge in [0.2, 0.25) is 0 Å². The van der Waals surface area contributed by atoms with E-state index in [0.717, 1.165) is 17.5 Å². The lowest BCUT2D eigenvalue weighted by molar-refractivity contribution is 0.0691. The lowest BCUT2D eigenvalue weighted by atomic mass is 9.99. The molecule has 0 spiro atoms. The van der Waals surface area contributed by atoms with Crippen molar-refractivity contribution in [3.8, 4) is 22.6 Å². The summed E-state index contributed by atoms with van der Waals surface area (Å²) in [6.45, 7) is 4.49. The summed E-state index contributed by atoms with van der Waals surface area (Å²) in [5.74, 6) is -1.09. The molecule has 0 saturated heterocycles. The Balaban J connectivity index is 1.48. The molecule has 1 aliphatic heterocycles. The number of nitrogens with zero attached hydrogens (tertiary/aromatic N) is 4. The molecule has 1 N–H and O–H groups in total. The van der Waals surface area contributed by atoms with Gasteiger partial charge in [-0.25, -0.2) is 19.2 Å². The first-order valence-corrected chi connectivity index (χ1v) is 10.8. The molecule has 0 unspecified atom stereocenters. The van der Waals surface area contributed by atoms with Crippen LogP contribution in [-0.4, -0.2) is 31.5 Å². The quantitative estimate of drug-likeness (QED) is 0.446. The highest BCUT2D eigenvalue weighted by atomic mass is 19.1. The largest absolute Gasteiger partial charge is 0.478 e. The molecule has 0 aliphatic carbocycles. The van der Waals surface area contributed by atoms with Crippen molar-refractivity contribution in [3.63, 3.8) is 0 Å². The number of hydrogen-bond acceptors (Lipinski definition) is 4. The number of carboxylic acids is 1. The highest BCUT2D eigenvalue weighted by molar-refractivity contribution is 6.10. The first-order chi connectivity index (χ1) is 16.3. The molecular formula is C26H21FN4O3. The van der Waals surface area contributed by atoms with E-state index in [1.165, 1.54) is 12.1 Å². The number of anilines is 1. The van der Waals surface area contributed by atoms with Gasteiger partial charge in [0, 0.05) is 24.0 Å². The summed E-state index contributed by atoms with van der Waals surface area (Å²) < 4.78 is 15.8. The van der Waals surface area contributed by atoms with E-state index in [-0.39, 0.29) is 11.9 Å². The predicted molar refractivity (Wildman–Crippen MR) is 125 cm³/mol. The van der Waals surface area contributed by atoms with Gasteiger partial charge >= 0.3 is 5.97 Å². The number of benzene rings is 2. The number of halogens is 1. The van der Waals surface area contributed by atoms with Gasteiger partial charge in [-0.05, 0) is 60.9 Å². The maximum absolute atomic E-state index is 13.8. The Bertz CT molecular complexity index is 1440. The van der Waals surface area contributed by atoms with Crippen LogP contribution >= 0.6 is 0 Å². The number of pyridine rings is 1. The SMILES string of the molecule is CC(C)n1ccnc1-c1cccc(N2Cc3ccc(-c4ccc(F)c(C(=O)O)c4)cc3C2=O)n1. The van der Waals surface area contributed by atoms with Crippen molar-refractivity contribution in [1.29, 1.82) is 0 Å². The zero-order valence-corrected chi connectivity index (χ0v) is 18.6. The van der Waals surface area contributed by atoms with Crippen molar-refractivity contribution in [2.75, 3.05) is 4.90 Å². The number of carbonyl (C=O) groups is 2. The summed E-state index contributed by atoms with van der Waals surface area (Å²) in [7, 11) is 0. The van der Waals surface area contributed by atoms with E-state index in [1.807, 2.05) is 29.0 Å². The number of carbonyl (C=O) groups excluding carboxylic acids is 1. The molecule has 170 valence electrons. The first-order valence-electron chi connectivity index (χ1n) is 10.8. The van der Waals surface area contributed by atoms with E-state index in [9.17, 15) is 19.1 Å². The molecule has 0 bridgehead atoms. The van der Waals surface area contributed by atoms with Gasteiger partial charge < -0.3 is 9.67 Å². The van der Waals surface area contributed by atoms with Gasteiger partial charge in [0.1, 0.15) is 17.3 Å². The van der Waals surface area contributed by atoms with E-state index in [0.29, 0.717) is 34.7 Å². The second-order valence-corrected chi connectivity index (χ2v) is 8.40. The molecule has 1 amide bonds. The third-order valence-electron chi connectivity index (χ3n) is 5.91. The van der Waals surface area contributed by atoms with Gasteiger partial charge in [-0.1, -0.05) is 24.3 Å².